The van der Waals surface area contributed by atoms with E-state index in [1.807, 2.05) is 30.3 Å². The third kappa shape index (κ3) is 5.95. The molecular formula is C27H29F3N4O3. The average molecular weight is 515 g/mol. The zero-order valence-electron chi connectivity index (χ0n) is 20.3. The van der Waals surface area contributed by atoms with Crippen LogP contribution in [-0.2, 0) is 12.6 Å². The van der Waals surface area contributed by atoms with E-state index in [9.17, 15) is 23.1 Å². The molecule has 0 saturated carbocycles. The largest absolute Gasteiger partial charge is 0.416 e. The van der Waals surface area contributed by atoms with Gasteiger partial charge in [0, 0.05) is 38.5 Å². The van der Waals surface area contributed by atoms with Crippen molar-refractivity contribution in [1.29, 1.82) is 0 Å². The first-order valence-electron chi connectivity index (χ1n) is 12.5. The molecule has 2 aliphatic heterocycles. The number of halogens is 3. The van der Waals surface area contributed by atoms with E-state index in [2.05, 4.69) is 10.1 Å². The Morgan fingerprint density at radius 2 is 1.65 bits per heavy atom. The van der Waals surface area contributed by atoms with Crippen LogP contribution < -0.4 is 0 Å². The minimum atomic E-state index is -4.41. The van der Waals surface area contributed by atoms with Gasteiger partial charge in [0.05, 0.1) is 17.6 Å². The number of urea groups is 1. The van der Waals surface area contributed by atoms with Crippen LogP contribution in [0.2, 0.25) is 0 Å². The number of benzene rings is 2. The standard InChI is InChI=1S/C27H29F3N4O3/c28-27(29,30)22-8-6-19(7-9-22)20-15-21(17-34(16-20)26(36)33-12-10-23(35)11-13-33)25-31-24(32-37-25)14-18-4-2-1-3-5-18/h1-9,20-21,23,35H,10-17H2. The Labute approximate surface area is 212 Å². The van der Waals surface area contributed by atoms with Crippen LogP contribution in [0.15, 0.2) is 59.1 Å². The van der Waals surface area contributed by atoms with E-state index < -0.39 is 17.8 Å². The molecule has 2 unspecified atom stereocenters. The fourth-order valence-corrected chi connectivity index (χ4v) is 5.16. The average Bonchev–Trinajstić information content (AvgIpc) is 3.37. The van der Waals surface area contributed by atoms with Gasteiger partial charge >= 0.3 is 12.2 Å². The number of carbonyl (C=O) groups excluding carboxylic acids is 1. The van der Waals surface area contributed by atoms with Gasteiger partial charge in [0.2, 0.25) is 5.89 Å². The van der Waals surface area contributed by atoms with E-state index in [0.717, 1.165) is 23.3 Å². The zero-order chi connectivity index (χ0) is 26.0. The smallest absolute Gasteiger partial charge is 0.393 e. The minimum absolute atomic E-state index is 0.141. The van der Waals surface area contributed by atoms with Crippen LogP contribution in [0.25, 0.3) is 0 Å². The number of amides is 2. The molecule has 7 nitrogen and oxygen atoms in total. The second-order valence-electron chi connectivity index (χ2n) is 9.87. The number of likely N-dealkylation sites (tertiary alicyclic amines) is 2. The van der Waals surface area contributed by atoms with Crippen molar-refractivity contribution in [3.63, 3.8) is 0 Å². The molecule has 2 fully saturated rings. The molecule has 2 atom stereocenters. The summed E-state index contributed by atoms with van der Waals surface area (Å²) in [6.45, 7) is 1.69. The Balaban J connectivity index is 1.37. The van der Waals surface area contributed by atoms with Crippen molar-refractivity contribution in [3.05, 3.63) is 83.0 Å². The summed E-state index contributed by atoms with van der Waals surface area (Å²) >= 11 is 0. The van der Waals surface area contributed by atoms with Gasteiger partial charge in [-0.15, -0.1) is 0 Å². The molecule has 0 aliphatic carbocycles. The quantitative estimate of drug-likeness (QED) is 0.540. The van der Waals surface area contributed by atoms with Crippen molar-refractivity contribution >= 4 is 6.03 Å². The minimum Gasteiger partial charge on any atom is -0.393 e. The Morgan fingerprint density at radius 1 is 0.973 bits per heavy atom. The monoisotopic (exact) mass is 514 g/mol. The van der Waals surface area contributed by atoms with Gasteiger partial charge in [-0.25, -0.2) is 4.79 Å². The fourth-order valence-electron chi connectivity index (χ4n) is 5.16. The Hall–Kier alpha value is -3.40. The Kier molecular flexibility index (Phi) is 7.19. The van der Waals surface area contributed by atoms with Gasteiger partial charge in [-0.2, -0.15) is 18.2 Å². The summed E-state index contributed by atoms with van der Waals surface area (Å²) in [6.07, 6.45) is -2.68. The Morgan fingerprint density at radius 3 is 2.32 bits per heavy atom. The number of hydrogen-bond acceptors (Lipinski definition) is 5. The van der Waals surface area contributed by atoms with E-state index in [1.165, 1.54) is 12.1 Å². The molecule has 3 heterocycles. The van der Waals surface area contributed by atoms with E-state index >= 15 is 0 Å². The van der Waals surface area contributed by atoms with Gasteiger partial charge in [0.25, 0.3) is 0 Å². The van der Waals surface area contributed by atoms with Crippen molar-refractivity contribution in [2.45, 2.75) is 49.8 Å². The fraction of sp³-hybridized carbons (Fsp3) is 0.444. The maximum Gasteiger partial charge on any atom is 0.416 e. The van der Waals surface area contributed by atoms with E-state index in [1.54, 1.807) is 9.80 Å². The molecule has 5 rings (SSSR count). The third-order valence-corrected chi connectivity index (χ3v) is 7.20. The first kappa shape index (κ1) is 25.3. The number of piperidine rings is 2. The number of carbonyl (C=O) groups is 1. The summed E-state index contributed by atoms with van der Waals surface area (Å²) in [5.74, 6) is 0.525. The molecule has 0 radical (unpaired) electrons. The summed E-state index contributed by atoms with van der Waals surface area (Å²) in [4.78, 5) is 21.5. The van der Waals surface area contributed by atoms with Gasteiger partial charge in [0.15, 0.2) is 5.82 Å². The molecule has 196 valence electrons. The molecule has 2 aromatic carbocycles. The SMILES string of the molecule is O=C(N1CCC(O)CC1)N1CC(c2ccc(C(F)(F)F)cc2)CC(c2nc(Cc3ccccc3)no2)C1. The van der Waals surface area contributed by atoms with Crippen LogP contribution in [0, 0.1) is 0 Å². The van der Waals surface area contributed by atoms with Gasteiger partial charge in [-0.1, -0.05) is 47.6 Å². The first-order valence-corrected chi connectivity index (χ1v) is 12.5. The molecule has 2 amide bonds. The predicted molar refractivity (Wildman–Crippen MR) is 129 cm³/mol. The summed E-state index contributed by atoms with van der Waals surface area (Å²) < 4.78 is 44.9. The summed E-state index contributed by atoms with van der Waals surface area (Å²) in [5, 5.41) is 14.0. The molecule has 3 aromatic rings. The highest BCUT2D eigenvalue weighted by Crippen LogP contribution is 2.37. The lowest BCUT2D eigenvalue weighted by molar-refractivity contribution is -0.137. The molecule has 1 aromatic heterocycles. The molecule has 2 aliphatic rings. The van der Waals surface area contributed by atoms with Crippen molar-refractivity contribution < 1.29 is 27.6 Å². The number of aliphatic hydroxyl groups excluding tert-OH is 1. The first-order chi connectivity index (χ1) is 17.8. The molecule has 0 spiro atoms. The number of aromatic nitrogens is 2. The highest BCUT2D eigenvalue weighted by Gasteiger charge is 2.37. The third-order valence-electron chi connectivity index (χ3n) is 7.20. The van der Waals surface area contributed by atoms with Crippen molar-refractivity contribution in [3.8, 4) is 0 Å². The van der Waals surface area contributed by atoms with Crippen LogP contribution in [0.5, 0.6) is 0 Å². The molecule has 2 saturated heterocycles. The van der Waals surface area contributed by atoms with Crippen LogP contribution in [0.3, 0.4) is 0 Å². The molecule has 0 bridgehead atoms. The lowest BCUT2D eigenvalue weighted by atomic mass is 9.84. The number of aliphatic hydroxyl groups is 1. The number of nitrogens with zero attached hydrogens (tertiary/aromatic N) is 4. The number of rotatable bonds is 4. The molecule has 37 heavy (non-hydrogen) atoms. The van der Waals surface area contributed by atoms with Crippen molar-refractivity contribution in [1.82, 2.24) is 19.9 Å². The van der Waals surface area contributed by atoms with Crippen LogP contribution in [0.1, 0.15) is 59.5 Å². The van der Waals surface area contributed by atoms with Gasteiger partial charge < -0.3 is 19.4 Å². The van der Waals surface area contributed by atoms with Crippen LogP contribution in [-0.4, -0.2) is 63.4 Å². The maximum absolute atomic E-state index is 13.4. The van der Waals surface area contributed by atoms with E-state index in [0.29, 0.717) is 63.6 Å². The Bertz CT molecular complexity index is 1190. The van der Waals surface area contributed by atoms with Crippen molar-refractivity contribution in [2.24, 2.45) is 0 Å². The van der Waals surface area contributed by atoms with Crippen LogP contribution in [0.4, 0.5) is 18.0 Å². The van der Waals surface area contributed by atoms with Gasteiger partial charge in [-0.05, 0) is 42.5 Å². The molecule has 10 heteroatoms. The summed E-state index contributed by atoms with van der Waals surface area (Å²) in [5.41, 5.74) is 1.07. The second kappa shape index (κ2) is 10.5. The highest BCUT2D eigenvalue weighted by molar-refractivity contribution is 5.75. The highest BCUT2D eigenvalue weighted by atomic mass is 19.4. The lowest BCUT2D eigenvalue weighted by Crippen LogP contribution is -2.51. The van der Waals surface area contributed by atoms with Crippen molar-refractivity contribution in [2.75, 3.05) is 26.2 Å². The van der Waals surface area contributed by atoms with E-state index in [-0.39, 0.29) is 17.9 Å². The molecule has 1 N–H and O–H groups in total. The predicted octanol–water partition coefficient (Wildman–Crippen LogP) is 4.83. The maximum atomic E-state index is 13.4. The number of alkyl halides is 3. The topological polar surface area (TPSA) is 82.7 Å². The summed E-state index contributed by atoms with van der Waals surface area (Å²) in [6, 6.07) is 14.8. The normalized spacial score (nSPS) is 21.3. The van der Waals surface area contributed by atoms with Gasteiger partial charge in [0.1, 0.15) is 0 Å². The summed E-state index contributed by atoms with van der Waals surface area (Å²) in [7, 11) is 0. The number of hydrogen-bond donors (Lipinski definition) is 1. The van der Waals surface area contributed by atoms with Crippen LogP contribution >= 0.6 is 0 Å². The second-order valence-corrected chi connectivity index (χ2v) is 9.87. The zero-order valence-corrected chi connectivity index (χ0v) is 20.3. The molecular weight excluding hydrogens is 485 g/mol. The van der Waals surface area contributed by atoms with E-state index in [4.69, 9.17) is 4.52 Å². The van der Waals surface area contributed by atoms with Gasteiger partial charge in [-0.3, -0.25) is 0 Å². The lowest BCUT2D eigenvalue weighted by Gasteiger charge is -2.40.